The summed E-state index contributed by atoms with van der Waals surface area (Å²) in [6.45, 7) is 7.10. The molecule has 0 saturated heterocycles. The minimum absolute atomic E-state index is 0.523. The lowest BCUT2D eigenvalue weighted by Crippen LogP contribution is -2.05. The van der Waals surface area contributed by atoms with Gasteiger partial charge < -0.3 is 4.74 Å². The topological polar surface area (TPSA) is 52.8 Å². The summed E-state index contributed by atoms with van der Waals surface area (Å²) in [6, 6.07) is 7.86. The van der Waals surface area contributed by atoms with Gasteiger partial charge in [0.05, 0.1) is 12.3 Å². The number of benzene rings is 1. The Balaban J connectivity index is 2.11. The summed E-state index contributed by atoms with van der Waals surface area (Å²) in [4.78, 5) is 0. The number of nitrogens with zero attached hydrogens (tertiary/aromatic N) is 4. The second-order valence-corrected chi connectivity index (χ2v) is 4.96. The second kappa shape index (κ2) is 6.31. The molecule has 0 bridgehead atoms. The zero-order valence-electron chi connectivity index (χ0n) is 11.7. The van der Waals surface area contributed by atoms with Crippen molar-refractivity contribution >= 4 is 0 Å². The Labute approximate surface area is 113 Å². The highest BCUT2D eigenvalue weighted by Crippen LogP contribution is 2.16. The van der Waals surface area contributed by atoms with Crippen molar-refractivity contribution in [1.29, 1.82) is 0 Å². The van der Waals surface area contributed by atoms with Gasteiger partial charge in [-0.2, -0.15) is 4.68 Å². The molecule has 0 aliphatic carbocycles. The van der Waals surface area contributed by atoms with Crippen molar-refractivity contribution in [1.82, 2.24) is 20.2 Å². The fourth-order valence-electron chi connectivity index (χ4n) is 1.73. The number of rotatable bonds is 6. The number of aryl methyl sites for hydroxylation is 1. The average Bonchev–Trinajstić information content (AvgIpc) is 2.86. The summed E-state index contributed by atoms with van der Waals surface area (Å²) in [5.41, 5.74) is 0.963. The van der Waals surface area contributed by atoms with Gasteiger partial charge in [-0.05, 0) is 47.0 Å². The largest absolute Gasteiger partial charge is 0.493 e. The third-order valence-corrected chi connectivity index (χ3v) is 2.67. The van der Waals surface area contributed by atoms with E-state index in [0.29, 0.717) is 5.92 Å². The van der Waals surface area contributed by atoms with Crippen LogP contribution < -0.4 is 4.74 Å². The molecule has 2 aromatic rings. The molecule has 1 aromatic heterocycles. The molecule has 1 heterocycles. The minimum atomic E-state index is 0.523. The molecule has 5 nitrogen and oxygen atoms in total. The molecule has 0 unspecified atom stereocenters. The van der Waals surface area contributed by atoms with Crippen LogP contribution in [-0.2, 0) is 6.42 Å². The zero-order chi connectivity index (χ0) is 13.7. The first kappa shape index (κ1) is 13.5. The van der Waals surface area contributed by atoms with Crippen molar-refractivity contribution in [3.8, 4) is 11.4 Å². The van der Waals surface area contributed by atoms with Gasteiger partial charge in [0.2, 0.25) is 0 Å². The molecule has 5 heteroatoms. The lowest BCUT2D eigenvalue weighted by Gasteiger charge is -2.09. The van der Waals surface area contributed by atoms with Crippen LogP contribution in [0.5, 0.6) is 5.75 Å². The predicted molar refractivity (Wildman–Crippen MR) is 73.5 cm³/mol. The Kier molecular flexibility index (Phi) is 4.49. The molecule has 0 radical (unpaired) electrons. The highest BCUT2D eigenvalue weighted by molar-refractivity contribution is 5.37. The highest BCUT2D eigenvalue weighted by atomic mass is 16.5. The Bertz CT molecular complexity index is 504. The van der Waals surface area contributed by atoms with Gasteiger partial charge >= 0.3 is 0 Å². The average molecular weight is 260 g/mol. The molecule has 2 rings (SSSR count). The van der Waals surface area contributed by atoms with Gasteiger partial charge in [0.15, 0.2) is 5.82 Å². The molecule has 0 spiro atoms. The van der Waals surface area contributed by atoms with Gasteiger partial charge in [0.1, 0.15) is 5.75 Å². The first-order valence-corrected chi connectivity index (χ1v) is 6.71. The highest BCUT2D eigenvalue weighted by Gasteiger charge is 2.07. The summed E-state index contributed by atoms with van der Waals surface area (Å²) in [7, 11) is 0. The molecule has 0 aliphatic rings. The van der Waals surface area contributed by atoms with Gasteiger partial charge in [-0.25, -0.2) is 0 Å². The quantitative estimate of drug-likeness (QED) is 0.801. The maximum Gasteiger partial charge on any atom is 0.156 e. The fourth-order valence-corrected chi connectivity index (χ4v) is 1.73. The summed E-state index contributed by atoms with van der Waals surface area (Å²) in [5, 5.41) is 11.8. The van der Waals surface area contributed by atoms with Crippen molar-refractivity contribution in [3.05, 3.63) is 30.1 Å². The molecule has 0 amide bonds. The van der Waals surface area contributed by atoms with Gasteiger partial charge in [-0.3, -0.25) is 0 Å². The van der Waals surface area contributed by atoms with E-state index in [1.54, 1.807) is 4.68 Å². The van der Waals surface area contributed by atoms with Crippen LogP contribution in [0.2, 0.25) is 0 Å². The summed E-state index contributed by atoms with van der Waals surface area (Å²) >= 11 is 0. The van der Waals surface area contributed by atoms with Crippen LogP contribution in [0.25, 0.3) is 5.69 Å². The van der Waals surface area contributed by atoms with Crippen LogP contribution in [0.3, 0.4) is 0 Å². The lowest BCUT2D eigenvalue weighted by atomic mass is 10.2. The second-order valence-electron chi connectivity index (χ2n) is 4.96. The van der Waals surface area contributed by atoms with Crippen molar-refractivity contribution in [2.75, 3.05) is 6.61 Å². The van der Waals surface area contributed by atoms with Gasteiger partial charge in [-0.1, -0.05) is 20.8 Å². The first-order chi connectivity index (χ1) is 9.20. The standard InChI is InChI=1S/C14H20N4O/c1-4-5-14-15-16-17-18(14)12-6-8-13(9-7-12)19-10-11(2)3/h6-9,11H,4-5,10H2,1-3H3. The summed E-state index contributed by atoms with van der Waals surface area (Å²) in [6.07, 6.45) is 1.90. The van der Waals surface area contributed by atoms with E-state index in [1.165, 1.54) is 0 Å². The Morgan fingerprint density at radius 2 is 1.95 bits per heavy atom. The van der Waals surface area contributed by atoms with Crippen molar-refractivity contribution in [2.24, 2.45) is 5.92 Å². The summed E-state index contributed by atoms with van der Waals surface area (Å²) in [5.74, 6) is 2.29. The normalized spacial score (nSPS) is 10.9. The molecular weight excluding hydrogens is 240 g/mol. The smallest absolute Gasteiger partial charge is 0.156 e. The molecule has 0 atom stereocenters. The molecule has 0 N–H and O–H groups in total. The molecule has 0 saturated carbocycles. The van der Waals surface area contributed by atoms with Crippen LogP contribution in [0, 0.1) is 5.92 Å². The maximum atomic E-state index is 5.66. The lowest BCUT2D eigenvalue weighted by molar-refractivity contribution is 0.271. The van der Waals surface area contributed by atoms with E-state index < -0.39 is 0 Å². The zero-order valence-corrected chi connectivity index (χ0v) is 11.7. The van der Waals surface area contributed by atoms with E-state index in [1.807, 2.05) is 24.3 Å². The minimum Gasteiger partial charge on any atom is -0.493 e. The Morgan fingerprint density at radius 1 is 1.21 bits per heavy atom. The Morgan fingerprint density at radius 3 is 2.58 bits per heavy atom. The number of hydrogen-bond donors (Lipinski definition) is 0. The monoisotopic (exact) mass is 260 g/mol. The fraction of sp³-hybridized carbons (Fsp3) is 0.500. The van der Waals surface area contributed by atoms with Crippen molar-refractivity contribution < 1.29 is 4.74 Å². The van der Waals surface area contributed by atoms with E-state index in [9.17, 15) is 0 Å². The molecule has 102 valence electrons. The molecule has 19 heavy (non-hydrogen) atoms. The van der Waals surface area contributed by atoms with Crippen LogP contribution in [0.15, 0.2) is 24.3 Å². The third kappa shape index (κ3) is 3.53. The van der Waals surface area contributed by atoms with Gasteiger partial charge in [0.25, 0.3) is 0 Å². The van der Waals surface area contributed by atoms with E-state index in [0.717, 1.165) is 36.7 Å². The van der Waals surface area contributed by atoms with Crippen molar-refractivity contribution in [3.63, 3.8) is 0 Å². The first-order valence-electron chi connectivity index (χ1n) is 6.71. The van der Waals surface area contributed by atoms with Crippen LogP contribution in [0.4, 0.5) is 0 Å². The molecular formula is C14H20N4O. The number of hydrogen-bond acceptors (Lipinski definition) is 4. The van der Waals surface area contributed by atoms with E-state index in [2.05, 4.69) is 36.3 Å². The number of aromatic nitrogens is 4. The van der Waals surface area contributed by atoms with Gasteiger partial charge in [0, 0.05) is 6.42 Å². The van der Waals surface area contributed by atoms with Gasteiger partial charge in [-0.15, -0.1) is 5.10 Å². The maximum absolute atomic E-state index is 5.66. The van der Waals surface area contributed by atoms with Crippen LogP contribution in [-0.4, -0.2) is 26.8 Å². The summed E-state index contributed by atoms with van der Waals surface area (Å²) < 4.78 is 7.43. The predicted octanol–water partition coefficient (Wildman–Crippen LogP) is 2.65. The molecule has 0 aliphatic heterocycles. The molecule has 1 aromatic carbocycles. The number of ether oxygens (including phenoxy) is 1. The SMILES string of the molecule is CCCc1nnnn1-c1ccc(OCC(C)C)cc1. The number of tetrazole rings is 1. The van der Waals surface area contributed by atoms with E-state index in [4.69, 9.17) is 4.74 Å². The third-order valence-electron chi connectivity index (χ3n) is 2.67. The van der Waals surface area contributed by atoms with E-state index >= 15 is 0 Å². The van der Waals surface area contributed by atoms with Crippen LogP contribution in [0.1, 0.15) is 33.0 Å². The Hall–Kier alpha value is -1.91. The van der Waals surface area contributed by atoms with Crippen molar-refractivity contribution in [2.45, 2.75) is 33.6 Å². The van der Waals surface area contributed by atoms with Crippen LogP contribution >= 0.6 is 0 Å². The van der Waals surface area contributed by atoms with E-state index in [-0.39, 0.29) is 0 Å². The molecule has 0 fully saturated rings.